The molecule has 0 fully saturated rings. The summed E-state index contributed by atoms with van der Waals surface area (Å²) in [5.41, 5.74) is 4.34. The van der Waals surface area contributed by atoms with E-state index in [9.17, 15) is 14.9 Å². The second kappa shape index (κ2) is 8.36. The molecule has 2 aromatic rings. The van der Waals surface area contributed by atoms with Gasteiger partial charge in [0.2, 0.25) is 11.8 Å². The Bertz CT molecular complexity index is 964. The van der Waals surface area contributed by atoms with Crippen LogP contribution in [0.4, 0.5) is 5.69 Å². The van der Waals surface area contributed by atoms with Crippen molar-refractivity contribution in [2.75, 3.05) is 11.1 Å². The predicted molar refractivity (Wildman–Crippen MR) is 109 cm³/mol. The van der Waals surface area contributed by atoms with Crippen molar-refractivity contribution >= 4 is 29.3 Å². The third kappa shape index (κ3) is 4.29. The van der Waals surface area contributed by atoms with Crippen molar-refractivity contribution in [3.8, 4) is 6.07 Å². The maximum Gasteiger partial charge on any atom is 0.234 e. The first-order chi connectivity index (χ1) is 13.4. The van der Waals surface area contributed by atoms with E-state index >= 15 is 0 Å². The molecule has 6 nitrogen and oxygen atoms in total. The van der Waals surface area contributed by atoms with E-state index in [1.165, 1.54) is 6.26 Å². The lowest BCUT2D eigenvalue weighted by atomic mass is 9.92. The number of anilines is 1. The molecule has 0 unspecified atom stereocenters. The van der Waals surface area contributed by atoms with Crippen molar-refractivity contribution in [3.05, 3.63) is 63.6 Å². The van der Waals surface area contributed by atoms with E-state index in [2.05, 4.69) is 16.7 Å². The molecular formula is C21H21N3O3S. The van der Waals surface area contributed by atoms with Crippen LogP contribution in [-0.2, 0) is 9.59 Å². The summed E-state index contributed by atoms with van der Waals surface area (Å²) in [4.78, 5) is 24.5. The minimum Gasteiger partial charge on any atom is -0.469 e. The Morgan fingerprint density at radius 3 is 2.68 bits per heavy atom. The van der Waals surface area contributed by atoms with Gasteiger partial charge in [-0.1, -0.05) is 29.5 Å². The van der Waals surface area contributed by atoms with Gasteiger partial charge < -0.3 is 15.1 Å². The first kappa shape index (κ1) is 19.8. The molecule has 1 aromatic carbocycles. The number of amides is 2. The lowest BCUT2D eigenvalue weighted by molar-refractivity contribution is -0.121. The highest BCUT2D eigenvalue weighted by molar-refractivity contribution is 8.03. The summed E-state index contributed by atoms with van der Waals surface area (Å²) in [6.07, 6.45) is 1.66. The van der Waals surface area contributed by atoms with E-state index in [1.807, 2.05) is 32.9 Å². The van der Waals surface area contributed by atoms with E-state index < -0.39 is 5.92 Å². The summed E-state index contributed by atoms with van der Waals surface area (Å²) in [5.74, 6) is -0.174. The van der Waals surface area contributed by atoms with Crippen molar-refractivity contribution in [1.29, 1.82) is 5.26 Å². The minimum absolute atomic E-state index is 0.0818. The van der Waals surface area contributed by atoms with Crippen LogP contribution >= 0.6 is 11.8 Å². The van der Waals surface area contributed by atoms with Crippen LogP contribution in [0, 0.1) is 32.1 Å². The van der Waals surface area contributed by atoms with Crippen LogP contribution in [0.15, 0.2) is 45.5 Å². The number of hydrogen-bond acceptors (Lipinski definition) is 5. The highest BCUT2D eigenvalue weighted by Gasteiger charge is 2.31. The zero-order valence-corrected chi connectivity index (χ0v) is 16.8. The Labute approximate surface area is 168 Å². The van der Waals surface area contributed by atoms with Crippen molar-refractivity contribution in [2.24, 2.45) is 0 Å². The second-order valence-corrected chi connectivity index (χ2v) is 7.77. The van der Waals surface area contributed by atoms with Crippen LogP contribution in [0.3, 0.4) is 0 Å². The number of nitrogens with one attached hydrogen (secondary N) is 2. The Morgan fingerprint density at radius 1 is 1.36 bits per heavy atom. The van der Waals surface area contributed by atoms with Crippen LogP contribution < -0.4 is 10.6 Å². The fourth-order valence-corrected chi connectivity index (χ4v) is 4.23. The quantitative estimate of drug-likeness (QED) is 0.800. The Morgan fingerprint density at radius 2 is 2.07 bits per heavy atom. The van der Waals surface area contributed by atoms with Crippen LogP contribution in [0.2, 0.25) is 0 Å². The smallest absolute Gasteiger partial charge is 0.234 e. The maximum atomic E-state index is 12.5. The fraction of sp³-hybridized carbons (Fsp3) is 0.286. The van der Waals surface area contributed by atoms with Gasteiger partial charge >= 0.3 is 0 Å². The largest absolute Gasteiger partial charge is 0.469 e. The molecule has 3 rings (SSSR count). The van der Waals surface area contributed by atoms with Gasteiger partial charge in [-0.2, -0.15) is 5.26 Å². The Kier molecular flexibility index (Phi) is 5.90. The average molecular weight is 395 g/mol. The zero-order valence-electron chi connectivity index (χ0n) is 16.0. The van der Waals surface area contributed by atoms with Crippen LogP contribution in [0.25, 0.3) is 0 Å². The molecule has 2 amide bonds. The van der Waals surface area contributed by atoms with Gasteiger partial charge in [0.15, 0.2) is 0 Å². The highest BCUT2D eigenvalue weighted by Crippen LogP contribution is 2.36. The highest BCUT2D eigenvalue weighted by atomic mass is 32.2. The molecule has 28 heavy (non-hydrogen) atoms. The molecule has 0 spiro atoms. The predicted octanol–water partition coefficient (Wildman–Crippen LogP) is 3.92. The summed E-state index contributed by atoms with van der Waals surface area (Å²) in [5, 5.41) is 15.7. The van der Waals surface area contributed by atoms with Gasteiger partial charge in [-0.25, -0.2) is 0 Å². The van der Waals surface area contributed by atoms with E-state index in [0.29, 0.717) is 16.4 Å². The molecule has 1 aromatic heterocycles. The van der Waals surface area contributed by atoms with Gasteiger partial charge in [0, 0.05) is 12.1 Å². The average Bonchev–Trinajstić information content (AvgIpc) is 3.17. The lowest BCUT2D eigenvalue weighted by Crippen LogP contribution is -2.31. The topological polar surface area (TPSA) is 95.1 Å². The number of nitrogens with zero attached hydrogens (tertiary/aromatic N) is 1. The van der Waals surface area contributed by atoms with E-state index in [4.69, 9.17) is 4.42 Å². The molecule has 0 bridgehead atoms. The summed E-state index contributed by atoms with van der Waals surface area (Å²) in [6.45, 7) is 5.92. The number of furan rings is 1. The van der Waals surface area contributed by atoms with Crippen LogP contribution in [-0.4, -0.2) is 17.6 Å². The zero-order chi connectivity index (χ0) is 20.3. The normalized spacial score (nSPS) is 16.5. The molecule has 7 heteroatoms. The Hall–Kier alpha value is -2.98. The number of thioether (sulfide) groups is 1. The number of carbonyl (C=O) groups is 2. The van der Waals surface area contributed by atoms with Gasteiger partial charge in [-0.05, 0) is 44.0 Å². The molecule has 2 heterocycles. The maximum absolute atomic E-state index is 12.5. The number of aryl methyl sites for hydroxylation is 3. The van der Waals surface area contributed by atoms with Gasteiger partial charge in [0.05, 0.1) is 34.6 Å². The van der Waals surface area contributed by atoms with Crippen molar-refractivity contribution < 1.29 is 14.0 Å². The number of rotatable bonds is 5. The van der Waals surface area contributed by atoms with Gasteiger partial charge in [0.1, 0.15) is 5.76 Å². The molecule has 0 radical (unpaired) electrons. The SMILES string of the molecule is Cc1cc(C)c(NC(=O)CSC2=C(C#N)[C@H](c3ccco3)CC(=O)N2)c(C)c1. The molecule has 0 saturated carbocycles. The monoisotopic (exact) mass is 395 g/mol. The molecule has 144 valence electrons. The summed E-state index contributed by atoms with van der Waals surface area (Å²) in [6, 6.07) is 9.67. The molecule has 0 saturated heterocycles. The van der Waals surface area contributed by atoms with E-state index in [-0.39, 0.29) is 24.0 Å². The number of hydrogen-bond donors (Lipinski definition) is 2. The number of carbonyl (C=O) groups excluding carboxylic acids is 2. The summed E-state index contributed by atoms with van der Waals surface area (Å²) < 4.78 is 5.39. The van der Waals surface area contributed by atoms with E-state index in [1.54, 1.807) is 12.1 Å². The molecule has 2 N–H and O–H groups in total. The second-order valence-electron chi connectivity index (χ2n) is 6.79. The molecule has 1 aliphatic heterocycles. The van der Waals surface area contributed by atoms with E-state index in [0.717, 1.165) is 34.1 Å². The van der Waals surface area contributed by atoms with Crippen molar-refractivity contribution in [3.63, 3.8) is 0 Å². The van der Waals surface area contributed by atoms with Crippen molar-refractivity contribution in [1.82, 2.24) is 5.32 Å². The summed E-state index contributed by atoms with van der Waals surface area (Å²) in [7, 11) is 0. The molecular weight excluding hydrogens is 374 g/mol. The van der Waals surface area contributed by atoms with Crippen LogP contribution in [0.1, 0.15) is 34.8 Å². The van der Waals surface area contributed by atoms with Gasteiger partial charge in [-0.3, -0.25) is 9.59 Å². The standard InChI is InChI=1S/C21H21N3O3S/c1-12-7-13(2)20(14(3)8-12)23-19(26)11-28-21-16(10-22)15(9-18(25)24-21)17-5-4-6-27-17/h4-8,15H,9,11H2,1-3H3,(H,23,26)(H,24,25)/t15-/m1/s1. The molecule has 1 atom stereocenters. The van der Waals surface area contributed by atoms with Gasteiger partial charge in [0.25, 0.3) is 0 Å². The Balaban J connectivity index is 1.74. The first-order valence-corrected chi connectivity index (χ1v) is 9.85. The third-order valence-electron chi connectivity index (χ3n) is 4.53. The summed E-state index contributed by atoms with van der Waals surface area (Å²) >= 11 is 1.15. The number of nitriles is 1. The number of allylic oxidation sites excluding steroid dienone is 1. The molecule has 0 aliphatic carbocycles. The van der Waals surface area contributed by atoms with Crippen molar-refractivity contribution in [2.45, 2.75) is 33.1 Å². The lowest BCUT2D eigenvalue weighted by Gasteiger charge is -2.23. The van der Waals surface area contributed by atoms with Crippen LogP contribution in [0.5, 0.6) is 0 Å². The first-order valence-electron chi connectivity index (χ1n) is 8.87. The minimum atomic E-state index is -0.430. The number of benzene rings is 1. The fourth-order valence-electron chi connectivity index (χ4n) is 3.36. The third-order valence-corrected chi connectivity index (χ3v) is 5.55. The molecule has 1 aliphatic rings. The van der Waals surface area contributed by atoms with Gasteiger partial charge in [-0.15, -0.1) is 0 Å².